The fraction of sp³-hybridized carbons (Fsp3) is 0.818. The normalized spacial score (nSPS) is 12.7. The third kappa shape index (κ3) is 6.23. The zero-order valence-electron chi connectivity index (χ0n) is 9.61. The quantitative estimate of drug-likeness (QED) is 0.593. The molecule has 0 amide bonds. The summed E-state index contributed by atoms with van der Waals surface area (Å²) in [6.45, 7) is 5.84. The lowest BCUT2D eigenvalue weighted by Gasteiger charge is -2.28. The Bertz CT molecular complexity index is 188. The molecule has 0 radical (unpaired) electrons. The number of carbonyl (C=O) groups is 2. The van der Waals surface area contributed by atoms with Crippen molar-refractivity contribution in [3.63, 3.8) is 0 Å². The van der Waals surface area contributed by atoms with E-state index in [4.69, 9.17) is 5.11 Å². The Kier molecular flexibility index (Phi) is 7.91. The molecule has 0 bridgehead atoms. The Morgan fingerprint density at radius 2 is 1.87 bits per heavy atom. The number of hydrogen-bond donors (Lipinski definition) is 1. The van der Waals surface area contributed by atoms with Gasteiger partial charge in [0.05, 0.1) is 6.42 Å². The van der Waals surface area contributed by atoms with Gasteiger partial charge < -0.3 is 9.90 Å². The second-order valence-electron chi connectivity index (χ2n) is 3.69. The largest absolute Gasteiger partial charge is 0.481 e. The molecular formula is C11H21NO3. The topological polar surface area (TPSA) is 57.6 Å². The fourth-order valence-corrected chi connectivity index (χ4v) is 1.73. The molecule has 0 spiro atoms. The molecule has 88 valence electrons. The predicted molar refractivity (Wildman–Crippen MR) is 58.9 cm³/mol. The van der Waals surface area contributed by atoms with Crippen molar-refractivity contribution in [2.24, 2.45) is 0 Å². The smallest absolute Gasteiger partial charge is 0.304 e. The number of rotatable bonds is 9. The molecule has 0 saturated carbocycles. The maximum atomic E-state index is 10.7. The molecule has 0 aromatic carbocycles. The molecule has 4 heteroatoms. The maximum Gasteiger partial charge on any atom is 0.304 e. The molecule has 0 aromatic rings. The third-order valence-corrected chi connectivity index (χ3v) is 2.32. The van der Waals surface area contributed by atoms with E-state index in [1.165, 1.54) is 0 Å². The van der Waals surface area contributed by atoms with E-state index >= 15 is 0 Å². The molecule has 0 aliphatic carbocycles. The minimum atomic E-state index is -0.834. The SMILES string of the molecule is CCCN(CCC)C(CC=O)CC(=O)O. The monoisotopic (exact) mass is 215 g/mol. The number of carboxylic acids is 1. The minimum absolute atomic E-state index is 0.0543. The van der Waals surface area contributed by atoms with E-state index in [9.17, 15) is 9.59 Å². The second-order valence-corrected chi connectivity index (χ2v) is 3.69. The molecule has 0 fully saturated rings. The summed E-state index contributed by atoms with van der Waals surface area (Å²) >= 11 is 0. The van der Waals surface area contributed by atoms with E-state index in [1.54, 1.807) is 0 Å². The average Bonchev–Trinajstić information content (AvgIpc) is 2.16. The van der Waals surface area contributed by atoms with Crippen molar-refractivity contribution < 1.29 is 14.7 Å². The lowest BCUT2D eigenvalue weighted by atomic mass is 10.1. The highest BCUT2D eigenvalue weighted by Gasteiger charge is 2.19. The molecule has 4 nitrogen and oxygen atoms in total. The molecule has 0 saturated heterocycles. The first-order valence-corrected chi connectivity index (χ1v) is 5.55. The number of carbonyl (C=O) groups excluding carboxylic acids is 1. The fourth-order valence-electron chi connectivity index (χ4n) is 1.73. The molecule has 0 aliphatic rings. The summed E-state index contributed by atoms with van der Waals surface area (Å²) in [5.41, 5.74) is 0. The number of carboxylic acid groups (broad SMARTS) is 1. The summed E-state index contributed by atoms with van der Waals surface area (Å²) in [7, 11) is 0. The van der Waals surface area contributed by atoms with Crippen LogP contribution in [0.5, 0.6) is 0 Å². The van der Waals surface area contributed by atoms with Crippen LogP contribution in [0.4, 0.5) is 0 Å². The minimum Gasteiger partial charge on any atom is -0.481 e. The Balaban J connectivity index is 4.34. The number of aliphatic carboxylic acids is 1. The van der Waals surface area contributed by atoms with Crippen LogP contribution in [0.15, 0.2) is 0 Å². The second kappa shape index (κ2) is 8.41. The van der Waals surface area contributed by atoms with Crippen LogP contribution in [0.2, 0.25) is 0 Å². The van der Waals surface area contributed by atoms with Gasteiger partial charge in [-0.1, -0.05) is 13.8 Å². The summed E-state index contributed by atoms with van der Waals surface area (Å²) < 4.78 is 0. The Morgan fingerprint density at radius 1 is 1.33 bits per heavy atom. The van der Waals surface area contributed by atoms with Crippen LogP contribution in [0.3, 0.4) is 0 Å². The van der Waals surface area contributed by atoms with E-state index in [-0.39, 0.29) is 12.5 Å². The number of hydrogen-bond acceptors (Lipinski definition) is 3. The van der Waals surface area contributed by atoms with Gasteiger partial charge in [-0.2, -0.15) is 0 Å². The van der Waals surface area contributed by atoms with Crippen molar-refractivity contribution in [2.45, 2.75) is 45.6 Å². The van der Waals surface area contributed by atoms with E-state index in [1.807, 2.05) is 0 Å². The van der Waals surface area contributed by atoms with Gasteiger partial charge in [-0.05, 0) is 25.9 Å². The highest BCUT2D eigenvalue weighted by molar-refractivity contribution is 5.68. The predicted octanol–water partition coefficient (Wildman–Crippen LogP) is 1.54. The Labute approximate surface area is 91.3 Å². The highest BCUT2D eigenvalue weighted by atomic mass is 16.4. The highest BCUT2D eigenvalue weighted by Crippen LogP contribution is 2.09. The summed E-state index contributed by atoms with van der Waals surface area (Å²) in [6, 6.07) is -0.139. The van der Waals surface area contributed by atoms with Crippen molar-refractivity contribution in [3.05, 3.63) is 0 Å². The van der Waals surface area contributed by atoms with Crippen LogP contribution in [-0.2, 0) is 9.59 Å². The van der Waals surface area contributed by atoms with Gasteiger partial charge in [0.25, 0.3) is 0 Å². The van der Waals surface area contributed by atoms with Crippen molar-refractivity contribution >= 4 is 12.3 Å². The molecular weight excluding hydrogens is 194 g/mol. The van der Waals surface area contributed by atoms with Gasteiger partial charge in [-0.25, -0.2) is 0 Å². The van der Waals surface area contributed by atoms with Gasteiger partial charge in [-0.3, -0.25) is 9.69 Å². The molecule has 0 aromatic heterocycles. The van der Waals surface area contributed by atoms with Crippen molar-refractivity contribution in [1.29, 1.82) is 0 Å². The van der Waals surface area contributed by atoms with Gasteiger partial charge in [0.2, 0.25) is 0 Å². The average molecular weight is 215 g/mol. The van der Waals surface area contributed by atoms with Gasteiger partial charge in [0, 0.05) is 12.5 Å². The van der Waals surface area contributed by atoms with Crippen LogP contribution in [0, 0.1) is 0 Å². The van der Waals surface area contributed by atoms with Crippen LogP contribution in [0.1, 0.15) is 39.5 Å². The van der Waals surface area contributed by atoms with Gasteiger partial charge in [-0.15, -0.1) is 0 Å². The Morgan fingerprint density at radius 3 is 2.20 bits per heavy atom. The summed E-state index contributed by atoms with van der Waals surface area (Å²) in [5.74, 6) is -0.834. The summed E-state index contributed by atoms with van der Waals surface area (Å²) in [5, 5.41) is 8.75. The van der Waals surface area contributed by atoms with Crippen molar-refractivity contribution in [1.82, 2.24) is 4.90 Å². The first kappa shape index (κ1) is 14.1. The molecule has 0 rings (SSSR count). The first-order chi connectivity index (χ1) is 7.15. The van der Waals surface area contributed by atoms with Crippen LogP contribution >= 0.6 is 0 Å². The standard InChI is InChI=1S/C11H21NO3/c1-3-6-12(7-4-2)10(5-8-13)9-11(14)15/h8,10H,3-7,9H2,1-2H3,(H,14,15). The molecule has 15 heavy (non-hydrogen) atoms. The van der Waals surface area contributed by atoms with Gasteiger partial charge >= 0.3 is 5.97 Å². The zero-order valence-corrected chi connectivity index (χ0v) is 9.61. The van der Waals surface area contributed by atoms with E-state index < -0.39 is 5.97 Å². The van der Waals surface area contributed by atoms with Crippen LogP contribution < -0.4 is 0 Å². The number of aldehydes is 1. The molecule has 0 heterocycles. The lowest BCUT2D eigenvalue weighted by Crippen LogP contribution is -2.38. The zero-order chi connectivity index (χ0) is 11.7. The summed E-state index contributed by atoms with van der Waals surface area (Å²) in [6.07, 6.45) is 3.14. The van der Waals surface area contributed by atoms with E-state index in [0.717, 1.165) is 32.2 Å². The molecule has 1 N–H and O–H groups in total. The van der Waals surface area contributed by atoms with Gasteiger partial charge in [0.15, 0.2) is 0 Å². The number of nitrogens with zero attached hydrogens (tertiary/aromatic N) is 1. The maximum absolute atomic E-state index is 10.7. The molecule has 0 aliphatic heterocycles. The summed E-state index contributed by atoms with van der Waals surface area (Å²) in [4.78, 5) is 23.2. The van der Waals surface area contributed by atoms with Crippen molar-refractivity contribution in [2.75, 3.05) is 13.1 Å². The molecule has 1 atom stereocenters. The van der Waals surface area contributed by atoms with Crippen LogP contribution in [-0.4, -0.2) is 41.4 Å². The van der Waals surface area contributed by atoms with E-state index in [2.05, 4.69) is 18.7 Å². The van der Waals surface area contributed by atoms with Gasteiger partial charge in [0.1, 0.15) is 6.29 Å². The molecule has 1 unspecified atom stereocenters. The van der Waals surface area contributed by atoms with Crippen molar-refractivity contribution in [3.8, 4) is 0 Å². The van der Waals surface area contributed by atoms with E-state index in [0.29, 0.717) is 6.42 Å². The first-order valence-electron chi connectivity index (χ1n) is 5.55. The lowest BCUT2D eigenvalue weighted by molar-refractivity contribution is -0.138. The third-order valence-electron chi connectivity index (χ3n) is 2.32. The Hall–Kier alpha value is -0.900. The van der Waals surface area contributed by atoms with Crippen LogP contribution in [0.25, 0.3) is 0 Å².